The molecule has 28 heavy (non-hydrogen) atoms. The topological polar surface area (TPSA) is 151 Å². The maximum atomic E-state index is 12.6. The lowest BCUT2D eigenvalue weighted by Gasteiger charge is -2.26. The average Bonchev–Trinajstić information content (AvgIpc) is 2.61. The quantitative estimate of drug-likeness (QED) is 0.203. The molecule has 0 saturated carbocycles. The largest absolute Gasteiger partial charge is 0.480 e. The summed E-state index contributed by atoms with van der Waals surface area (Å²) in [5, 5.41) is 16.8. The monoisotopic (exact) mass is 436 g/mol. The Balaban J connectivity index is 5.16. The van der Waals surface area contributed by atoms with E-state index < -0.39 is 47.9 Å². The number of hydrogen-bond acceptors (Lipinski definition) is 7. The minimum atomic E-state index is -1.14. The highest BCUT2D eigenvalue weighted by Crippen LogP contribution is 2.08. The van der Waals surface area contributed by atoms with E-state index >= 15 is 0 Å². The summed E-state index contributed by atoms with van der Waals surface area (Å²) < 4.78 is 0. The summed E-state index contributed by atoms with van der Waals surface area (Å²) in [7, 11) is 0. The Kier molecular flexibility index (Phi) is 12.2. The fraction of sp³-hybridized carbons (Fsp3) is 0.765. The summed E-state index contributed by atoms with van der Waals surface area (Å²) in [6.45, 7) is 7.13. The van der Waals surface area contributed by atoms with Crippen molar-refractivity contribution in [2.45, 2.75) is 58.3 Å². The Morgan fingerprint density at radius 1 is 0.857 bits per heavy atom. The number of rotatable bonds is 12. The molecule has 0 aliphatic carbocycles. The second-order valence-electron chi connectivity index (χ2n) is 7.29. The van der Waals surface area contributed by atoms with Crippen LogP contribution in [0.2, 0.25) is 0 Å². The molecular weight excluding hydrogens is 404 g/mol. The van der Waals surface area contributed by atoms with Gasteiger partial charge in [0.15, 0.2) is 0 Å². The van der Waals surface area contributed by atoms with E-state index in [0.29, 0.717) is 0 Å². The van der Waals surface area contributed by atoms with E-state index in [1.165, 1.54) is 0 Å². The van der Waals surface area contributed by atoms with Gasteiger partial charge in [0.1, 0.15) is 18.1 Å². The third kappa shape index (κ3) is 9.16. The molecule has 0 saturated heterocycles. The maximum Gasteiger partial charge on any atom is 0.326 e. The van der Waals surface area contributed by atoms with Crippen LogP contribution in [0.5, 0.6) is 0 Å². The first kappa shape index (κ1) is 26.5. The van der Waals surface area contributed by atoms with Crippen molar-refractivity contribution >= 4 is 48.9 Å². The van der Waals surface area contributed by atoms with Gasteiger partial charge in [0.2, 0.25) is 17.7 Å². The first-order valence-corrected chi connectivity index (χ1v) is 10.3. The molecule has 0 aromatic carbocycles. The summed E-state index contributed by atoms with van der Waals surface area (Å²) in [6.07, 6.45) is 0.261. The molecule has 4 unspecified atom stereocenters. The lowest BCUT2D eigenvalue weighted by atomic mass is 10.00. The van der Waals surface area contributed by atoms with Gasteiger partial charge in [-0.3, -0.25) is 14.4 Å². The summed E-state index contributed by atoms with van der Waals surface area (Å²) in [5.41, 5.74) is 5.58. The Hall–Kier alpha value is -1.46. The number of nitrogens with one attached hydrogen (secondary N) is 3. The Morgan fingerprint density at radius 2 is 1.39 bits per heavy atom. The van der Waals surface area contributed by atoms with Gasteiger partial charge < -0.3 is 26.8 Å². The van der Waals surface area contributed by atoms with Gasteiger partial charge in [-0.1, -0.05) is 27.7 Å². The third-order valence-corrected chi connectivity index (χ3v) is 4.68. The van der Waals surface area contributed by atoms with Crippen LogP contribution in [0.1, 0.15) is 34.1 Å². The van der Waals surface area contributed by atoms with Gasteiger partial charge in [-0.05, 0) is 18.3 Å². The number of carbonyl (C=O) groups excluding carboxylic acids is 3. The number of thiol groups is 2. The Morgan fingerprint density at radius 3 is 1.79 bits per heavy atom. The number of carboxylic acid groups (broad SMARTS) is 1. The van der Waals surface area contributed by atoms with Crippen LogP contribution in [0.15, 0.2) is 0 Å². The van der Waals surface area contributed by atoms with Crippen molar-refractivity contribution in [3.8, 4) is 0 Å². The highest BCUT2D eigenvalue weighted by atomic mass is 32.1. The van der Waals surface area contributed by atoms with Crippen molar-refractivity contribution in [3.05, 3.63) is 0 Å². The molecule has 0 bridgehead atoms. The van der Waals surface area contributed by atoms with Crippen LogP contribution in [0, 0.1) is 11.8 Å². The first-order valence-electron chi connectivity index (χ1n) is 9.05. The molecule has 162 valence electrons. The van der Waals surface area contributed by atoms with Crippen molar-refractivity contribution in [3.63, 3.8) is 0 Å². The van der Waals surface area contributed by atoms with Gasteiger partial charge in [-0.2, -0.15) is 25.3 Å². The van der Waals surface area contributed by atoms with Gasteiger partial charge >= 0.3 is 5.97 Å². The molecule has 0 heterocycles. The molecule has 0 fully saturated rings. The van der Waals surface area contributed by atoms with E-state index in [4.69, 9.17) is 5.73 Å². The molecule has 0 spiro atoms. The highest BCUT2D eigenvalue weighted by molar-refractivity contribution is 7.80. The van der Waals surface area contributed by atoms with E-state index in [0.717, 1.165) is 0 Å². The number of hydrogen-bond donors (Lipinski definition) is 7. The van der Waals surface area contributed by atoms with Gasteiger partial charge in [0, 0.05) is 11.5 Å². The van der Waals surface area contributed by atoms with Gasteiger partial charge in [0.05, 0.1) is 6.04 Å². The van der Waals surface area contributed by atoms with Crippen molar-refractivity contribution in [1.82, 2.24) is 16.0 Å². The number of carbonyl (C=O) groups is 4. The van der Waals surface area contributed by atoms with Crippen LogP contribution in [0.3, 0.4) is 0 Å². The summed E-state index contributed by atoms with van der Waals surface area (Å²) in [6, 6.07) is -3.91. The maximum absolute atomic E-state index is 12.6. The molecule has 6 N–H and O–H groups in total. The molecule has 0 aliphatic rings. The van der Waals surface area contributed by atoms with E-state index in [-0.39, 0.29) is 29.8 Å². The highest BCUT2D eigenvalue weighted by Gasteiger charge is 2.31. The summed E-state index contributed by atoms with van der Waals surface area (Å²) in [5.74, 6) is -3.06. The van der Waals surface area contributed by atoms with Crippen LogP contribution < -0.4 is 21.7 Å². The minimum absolute atomic E-state index is 0.00556. The van der Waals surface area contributed by atoms with E-state index in [9.17, 15) is 24.3 Å². The van der Waals surface area contributed by atoms with Crippen molar-refractivity contribution in [1.29, 1.82) is 0 Å². The SMILES string of the molecule is CC(C)CC(NC(=O)C(NC(=O)C(CS)NC(=O)C(N)CS)C(C)C)C(=O)O. The first-order chi connectivity index (χ1) is 12.9. The zero-order chi connectivity index (χ0) is 22.0. The number of nitrogens with two attached hydrogens (primary N) is 1. The normalized spacial score (nSPS) is 15.5. The lowest BCUT2D eigenvalue weighted by molar-refractivity contribution is -0.143. The fourth-order valence-electron chi connectivity index (χ4n) is 2.30. The smallest absolute Gasteiger partial charge is 0.326 e. The van der Waals surface area contributed by atoms with Gasteiger partial charge in [0.25, 0.3) is 0 Å². The molecule has 0 radical (unpaired) electrons. The number of amides is 3. The van der Waals surface area contributed by atoms with Crippen molar-refractivity contribution in [2.75, 3.05) is 11.5 Å². The summed E-state index contributed by atoms with van der Waals surface area (Å²) in [4.78, 5) is 48.3. The predicted octanol–water partition coefficient (Wildman–Crippen LogP) is -0.586. The molecule has 0 aromatic rings. The fourth-order valence-corrected chi connectivity index (χ4v) is 2.72. The van der Waals surface area contributed by atoms with Crippen LogP contribution in [-0.4, -0.2) is 64.5 Å². The molecule has 0 aliphatic heterocycles. The lowest BCUT2D eigenvalue weighted by Crippen LogP contribution is -2.59. The van der Waals surface area contributed by atoms with Crippen LogP contribution in [0.25, 0.3) is 0 Å². The zero-order valence-electron chi connectivity index (χ0n) is 16.6. The zero-order valence-corrected chi connectivity index (χ0v) is 18.4. The number of carboxylic acids is 1. The summed E-state index contributed by atoms with van der Waals surface area (Å²) >= 11 is 7.99. The second-order valence-corrected chi connectivity index (χ2v) is 8.02. The third-order valence-electron chi connectivity index (χ3n) is 3.92. The molecule has 0 aromatic heterocycles. The van der Waals surface area contributed by atoms with Crippen LogP contribution in [-0.2, 0) is 19.2 Å². The van der Waals surface area contributed by atoms with Crippen LogP contribution in [0.4, 0.5) is 0 Å². The number of aliphatic carboxylic acids is 1. The van der Waals surface area contributed by atoms with Gasteiger partial charge in [-0.25, -0.2) is 4.79 Å². The molecule has 0 rings (SSSR count). The molecule has 3 amide bonds. The van der Waals surface area contributed by atoms with E-state index in [1.807, 2.05) is 13.8 Å². The molecular formula is C17H32N4O5S2. The Labute approximate surface area is 176 Å². The standard InChI is InChI=1S/C17H32N4O5S2/c1-8(2)5-11(17(25)26)19-16(24)13(9(3)4)21-15(23)12(7-28)20-14(22)10(18)6-27/h8-13,27-28H,5-7,18H2,1-4H3,(H,19,24)(H,20,22)(H,21,23)(H,25,26). The molecule has 11 heteroatoms. The van der Waals surface area contributed by atoms with Crippen molar-refractivity contribution in [2.24, 2.45) is 17.6 Å². The average molecular weight is 437 g/mol. The predicted molar refractivity (Wildman–Crippen MR) is 113 cm³/mol. The van der Waals surface area contributed by atoms with E-state index in [1.54, 1.807) is 13.8 Å². The van der Waals surface area contributed by atoms with Crippen molar-refractivity contribution < 1.29 is 24.3 Å². The molecule has 9 nitrogen and oxygen atoms in total. The Bertz CT molecular complexity index is 560. The van der Waals surface area contributed by atoms with Gasteiger partial charge in [-0.15, -0.1) is 0 Å². The van der Waals surface area contributed by atoms with Crippen LogP contribution >= 0.6 is 25.3 Å². The minimum Gasteiger partial charge on any atom is -0.480 e. The van der Waals surface area contributed by atoms with E-state index in [2.05, 4.69) is 41.2 Å². The second kappa shape index (κ2) is 12.9. The molecule has 4 atom stereocenters.